The molecule has 0 radical (unpaired) electrons. The van der Waals surface area contributed by atoms with Crippen LogP contribution in [0.4, 0.5) is 0 Å². The van der Waals surface area contributed by atoms with E-state index >= 15 is 0 Å². The summed E-state index contributed by atoms with van der Waals surface area (Å²) >= 11 is 0. The lowest BCUT2D eigenvalue weighted by molar-refractivity contribution is 0.165. The minimum absolute atomic E-state index is 0. The molecular weight excluding hydrogens is 336 g/mol. The van der Waals surface area contributed by atoms with Crippen LogP contribution in [0.3, 0.4) is 0 Å². The molecule has 0 atom stereocenters. The number of rotatable bonds is 3. The fourth-order valence-electron chi connectivity index (χ4n) is 0.667. The van der Waals surface area contributed by atoms with Gasteiger partial charge in [0, 0.05) is 0 Å². The van der Waals surface area contributed by atoms with Crippen molar-refractivity contribution in [3.8, 4) is 0 Å². The van der Waals surface area contributed by atoms with Crippen molar-refractivity contribution in [2.45, 2.75) is 166 Å². The highest BCUT2D eigenvalue weighted by Crippen LogP contribution is 2.33. The first-order valence-electron chi connectivity index (χ1n) is 12.5. The van der Waals surface area contributed by atoms with Crippen molar-refractivity contribution in [1.29, 1.82) is 0 Å². The molecule has 0 nitrogen and oxygen atoms in total. The van der Waals surface area contributed by atoms with Crippen LogP contribution < -0.4 is 0 Å². The van der Waals surface area contributed by atoms with Gasteiger partial charge in [0.1, 0.15) is 0 Å². The zero-order valence-corrected chi connectivity index (χ0v) is 24.6. The minimum Gasteiger partial charge on any atom is -0.0776 e. The maximum atomic E-state index is 2.34. The van der Waals surface area contributed by atoms with Crippen LogP contribution in [0.5, 0.6) is 0 Å². The fourth-order valence-corrected chi connectivity index (χ4v) is 0.667. The van der Waals surface area contributed by atoms with Gasteiger partial charge in [-0.25, -0.2) is 0 Å². The van der Waals surface area contributed by atoms with Crippen molar-refractivity contribution >= 4 is 0 Å². The van der Waals surface area contributed by atoms with Crippen LogP contribution in [-0.2, 0) is 0 Å². The SMILES string of the molecule is C.CC.CC.CC.CC.CC.CC(C)C.CC(C)C(C)(C)C(C)C.CCCC. The second-order valence-corrected chi connectivity index (χ2v) is 6.86. The van der Waals surface area contributed by atoms with E-state index in [0.717, 1.165) is 17.8 Å². The number of unbranched alkanes of at least 4 members (excludes halogenated alkanes) is 1. The quantitative estimate of drug-likeness (QED) is 0.433. The highest BCUT2D eigenvalue weighted by Gasteiger charge is 2.25. The van der Waals surface area contributed by atoms with Crippen molar-refractivity contribution in [3.63, 3.8) is 0 Å². The van der Waals surface area contributed by atoms with Crippen molar-refractivity contribution < 1.29 is 0 Å². The van der Waals surface area contributed by atoms with E-state index in [1.807, 2.05) is 69.2 Å². The van der Waals surface area contributed by atoms with Crippen LogP contribution in [0, 0.1) is 23.2 Å². The Hall–Kier alpha value is 0. The Balaban J connectivity index is -0.0000000234. The number of hydrogen-bond donors (Lipinski definition) is 0. The van der Waals surface area contributed by atoms with Crippen LogP contribution in [-0.4, -0.2) is 0 Å². The molecule has 28 heavy (non-hydrogen) atoms. The predicted molar refractivity (Wildman–Crippen MR) is 148 cm³/mol. The summed E-state index contributed by atoms with van der Waals surface area (Å²) in [6, 6.07) is 0. The van der Waals surface area contributed by atoms with Crippen LogP contribution in [0.15, 0.2) is 0 Å². The zero-order chi connectivity index (χ0) is 24.6. The molecule has 0 spiro atoms. The molecule has 0 saturated heterocycles. The minimum atomic E-state index is 0. The van der Waals surface area contributed by atoms with Gasteiger partial charge in [0.2, 0.25) is 0 Å². The van der Waals surface area contributed by atoms with Crippen LogP contribution in [0.1, 0.15) is 166 Å². The second-order valence-electron chi connectivity index (χ2n) is 6.86. The summed E-state index contributed by atoms with van der Waals surface area (Å²) in [6.07, 6.45) is 2.64. The lowest BCUT2D eigenvalue weighted by Crippen LogP contribution is -2.25. The van der Waals surface area contributed by atoms with Crippen molar-refractivity contribution in [2.24, 2.45) is 23.2 Å². The first-order valence-corrected chi connectivity index (χ1v) is 12.5. The Morgan fingerprint density at radius 2 is 0.571 bits per heavy atom. The summed E-state index contributed by atoms with van der Waals surface area (Å²) in [5, 5.41) is 0. The van der Waals surface area contributed by atoms with E-state index in [2.05, 4.69) is 76.2 Å². The van der Waals surface area contributed by atoms with E-state index in [-0.39, 0.29) is 7.43 Å². The maximum Gasteiger partial charge on any atom is -0.0308 e. The Labute approximate surface area is 189 Å². The molecule has 0 bridgehead atoms. The van der Waals surface area contributed by atoms with Gasteiger partial charge in [-0.05, 0) is 23.2 Å². The van der Waals surface area contributed by atoms with Crippen LogP contribution in [0.25, 0.3) is 0 Å². The third-order valence-electron chi connectivity index (χ3n) is 3.48. The van der Waals surface area contributed by atoms with E-state index in [9.17, 15) is 0 Å². The third-order valence-corrected chi connectivity index (χ3v) is 3.48. The predicted octanol–water partition coefficient (Wildman–Crippen LogP) is 12.6. The van der Waals surface area contributed by atoms with Gasteiger partial charge in [-0.15, -0.1) is 0 Å². The molecule has 0 aromatic rings. The van der Waals surface area contributed by atoms with E-state index in [1.165, 1.54) is 12.8 Å². The summed E-state index contributed by atoms with van der Waals surface area (Å²) in [7, 11) is 0. The van der Waals surface area contributed by atoms with Gasteiger partial charge in [0.15, 0.2) is 0 Å². The van der Waals surface area contributed by atoms with Gasteiger partial charge in [-0.1, -0.05) is 166 Å². The largest absolute Gasteiger partial charge is 0.0776 e. The Morgan fingerprint density at radius 1 is 0.464 bits per heavy atom. The lowest BCUT2D eigenvalue weighted by Gasteiger charge is -2.33. The first-order chi connectivity index (χ1) is 12.5. The van der Waals surface area contributed by atoms with Gasteiger partial charge in [0.05, 0.1) is 0 Å². The molecule has 0 amide bonds. The molecule has 0 saturated carbocycles. The summed E-state index contributed by atoms with van der Waals surface area (Å²) in [4.78, 5) is 0. The van der Waals surface area contributed by atoms with E-state index < -0.39 is 0 Å². The highest BCUT2D eigenvalue weighted by molar-refractivity contribution is 4.75. The molecule has 0 rings (SSSR count). The van der Waals surface area contributed by atoms with Gasteiger partial charge >= 0.3 is 0 Å². The van der Waals surface area contributed by atoms with Gasteiger partial charge in [-0.2, -0.15) is 0 Å². The zero-order valence-electron chi connectivity index (χ0n) is 24.6. The van der Waals surface area contributed by atoms with Crippen molar-refractivity contribution in [3.05, 3.63) is 0 Å². The first kappa shape index (κ1) is 56.5. The molecule has 0 unspecified atom stereocenters. The van der Waals surface area contributed by atoms with E-state index in [4.69, 9.17) is 0 Å². The molecule has 0 aliphatic heterocycles. The van der Waals surface area contributed by atoms with Crippen molar-refractivity contribution in [2.75, 3.05) is 0 Å². The Kier molecular flexibility index (Phi) is 128. The molecule has 0 heteroatoms. The Morgan fingerprint density at radius 3 is 0.571 bits per heavy atom. The van der Waals surface area contributed by atoms with E-state index in [0.29, 0.717) is 5.41 Å². The molecule has 0 aromatic heterocycles. The average molecular weight is 411 g/mol. The van der Waals surface area contributed by atoms with Gasteiger partial charge in [0.25, 0.3) is 0 Å². The average Bonchev–Trinajstić information content (AvgIpc) is 2.69. The monoisotopic (exact) mass is 411 g/mol. The molecule has 0 fully saturated rings. The molecule has 186 valence electrons. The molecule has 0 heterocycles. The molecule has 0 aliphatic rings. The summed E-state index contributed by atoms with van der Waals surface area (Å²) < 4.78 is 0. The highest BCUT2D eigenvalue weighted by atomic mass is 14.3. The molecule has 0 aliphatic carbocycles. The topological polar surface area (TPSA) is 0 Å². The van der Waals surface area contributed by atoms with E-state index in [1.54, 1.807) is 0 Å². The van der Waals surface area contributed by atoms with Gasteiger partial charge in [-0.3, -0.25) is 0 Å². The summed E-state index contributed by atoms with van der Waals surface area (Å²) in [5.41, 5.74) is 0.500. The van der Waals surface area contributed by atoms with Gasteiger partial charge < -0.3 is 0 Å². The van der Waals surface area contributed by atoms with Crippen molar-refractivity contribution in [1.82, 2.24) is 0 Å². The lowest BCUT2D eigenvalue weighted by atomic mass is 9.72. The normalized spacial score (nSPS) is 7.71. The fraction of sp³-hybridized carbons (Fsp3) is 1.00. The molecule has 0 aromatic carbocycles. The molecule has 0 N–H and O–H groups in total. The Bertz CT molecular complexity index is 114. The second kappa shape index (κ2) is 63.2. The maximum absolute atomic E-state index is 2.34. The summed E-state index contributed by atoms with van der Waals surface area (Å²) in [6.45, 7) is 44.7. The third kappa shape index (κ3) is 96.2. The standard InChI is InChI=1S/C9H20.2C4H10.5C2H6.CH4/c1-7(2)9(5,6)8(3)4;1-4(2)3;1-3-4-2;5*1-2;/h7-8H,1-6H3;4H,1-3H3;3-4H2,1-2H3;5*1-2H3;1H4. The van der Waals surface area contributed by atoms with Crippen LogP contribution in [0.2, 0.25) is 0 Å². The summed E-state index contributed by atoms with van der Waals surface area (Å²) in [5.74, 6) is 2.41. The number of hydrogen-bond acceptors (Lipinski definition) is 0. The molecular formula is C28H74. The van der Waals surface area contributed by atoms with Crippen LogP contribution >= 0.6 is 0 Å². The smallest absolute Gasteiger partial charge is 0.0308 e.